The van der Waals surface area contributed by atoms with E-state index in [1.165, 1.54) is 12.1 Å². The van der Waals surface area contributed by atoms with Crippen molar-refractivity contribution < 1.29 is 13.9 Å². The Morgan fingerprint density at radius 1 is 1.06 bits per heavy atom. The second-order valence-electron chi connectivity index (χ2n) is 8.41. The number of rotatable bonds is 5. The Balaban J connectivity index is 1.49. The monoisotopic (exact) mass is 447 g/mol. The number of hydrogen-bond acceptors (Lipinski definition) is 6. The van der Waals surface area contributed by atoms with E-state index in [9.17, 15) is 9.18 Å². The SMILES string of the molecule is O=C([C@H]1CCCCO1)N1CCC[C@@H]1c1nc(Nc2cccc(F)c2)cc(-c2ccncc2)n1. The highest BCUT2D eigenvalue weighted by atomic mass is 19.1. The van der Waals surface area contributed by atoms with Crippen LogP contribution < -0.4 is 5.32 Å². The predicted octanol–water partition coefficient (Wildman–Crippen LogP) is 4.65. The van der Waals surface area contributed by atoms with Crippen LogP contribution in [0.1, 0.15) is 44.0 Å². The molecule has 2 fully saturated rings. The molecule has 4 heterocycles. The molecule has 0 radical (unpaired) electrons. The van der Waals surface area contributed by atoms with Crippen LogP contribution in [0.2, 0.25) is 0 Å². The molecule has 7 nitrogen and oxygen atoms in total. The first-order valence-electron chi connectivity index (χ1n) is 11.4. The third kappa shape index (κ3) is 4.85. The highest BCUT2D eigenvalue weighted by Crippen LogP contribution is 2.34. The molecule has 2 aromatic heterocycles. The molecule has 1 aromatic carbocycles. The van der Waals surface area contributed by atoms with Crippen LogP contribution in [0.4, 0.5) is 15.9 Å². The smallest absolute Gasteiger partial charge is 0.252 e. The molecule has 170 valence electrons. The van der Waals surface area contributed by atoms with Crippen molar-refractivity contribution in [3.63, 3.8) is 0 Å². The standard InChI is InChI=1S/C25H26FN5O2/c26-18-5-3-6-19(15-18)28-23-16-20(17-9-11-27-12-10-17)29-24(30-23)21-7-4-13-31(21)25(32)22-8-1-2-14-33-22/h3,5-6,9-12,15-16,21-22H,1-2,4,7-8,13-14H2,(H,28,29,30)/t21-,22-/m1/s1. The van der Waals surface area contributed by atoms with E-state index in [-0.39, 0.29) is 23.9 Å². The molecular weight excluding hydrogens is 421 g/mol. The van der Waals surface area contributed by atoms with Crippen molar-refractivity contribution in [2.24, 2.45) is 0 Å². The number of ether oxygens (including phenoxy) is 1. The number of anilines is 2. The zero-order chi connectivity index (χ0) is 22.6. The summed E-state index contributed by atoms with van der Waals surface area (Å²) in [6, 6.07) is 11.6. The molecule has 0 bridgehead atoms. The summed E-state index contributed by atoms with van der Waals surface area (Å²) in [5, 5.41) is 3.19. The van der Waals surface area contributed by atoms with Crippen LogP contribution in [0, 0.1) is 5.82 Å². The number of nitrogens with zero attached hydrogens (tertiary/aromatic N) is 4. The summed E-state index contributed by atoms with van der Waals surface area (Å²) >= 11 is 0. The first kappa shape index (κ1) is 21.5. The number of likely N-dealkylation sites (tertiary alicyclic amines) is 1. The first-order chi connectivity index (χ1) is 16.2. The molecule has 2 aliphatic rings. The third-order valence-electron chi connectivity index (χ3n) is 6.11. The number of benzene rings is 1. The largest absolute Gasteiger partial charge is 0.368 e. The molecule has 0 aliphatic carbocycles. The summed E-state index contributed by atoms with van der Waals surface area (Å²) in [6.45, 7) is 1.30. The number of hydrogen-bond donors (Lipinski definition) is 1. The lowest BCUT2D eigenvalue weighted by Crippen LogP contribution is -2.41. The van der Waals surface area contributed by atoms with E-state index in [1.54, 1.807) is 24.5 Å². The maximum Gasteiger partial charge on any atom is 0.252 e. The van der Waals surface area contributed by atoms with Crippen LogP contribution in [-0.4, -0.2) is 45.0 Å². The minimum absolute atomic E-state index is 0.0229. The molecule has 5 rings (SSSR count). The van der Waals surface area contributed by atoms with Crippen LogP contribution >= 0.6 is 0 Å². The van der Waals surface area contributed by atoms with Gasteiger partial charge < -0.3 is 15.0 Å². The van der Waals surface area contributed by atoms with Gasteiger partial charge in [-0.2, -0.15) is 0 Å². The van der Waals surface area contributed by atoms with Gasteiger partial charge in [0, 0.05) is 42.9 Å². The number of amides is 1. The summed E-state index contributed by atoms with van der Waals surface area (Å²) in [7, 11) is 0. The molecule has 8 heteroatoms. The summed E-state index contributed by atoms with van der Waals surface area (Å²) in [6.07, 6.45) is 7.48. The lowest BCUT2D eigenvalue weighted by Gasteiger charge is -2.30. The van der Waals surface area contributed by atoms with Crippen LogP contribution in [0.15, 0.2) is 54.9 Å². The minimum atomic E-state index is -0.382. The van der Waals surface area contributed by atoms with Crippen molar-refractivity contribution in [3.8, 4) is 11.3 Å². The second kappa shape index (κ2) is 9.62. The van der Waals surface area contributed by atoms with Crippen LogP contribution in [0.5, 0.6) is 0 Å². The van der Waals surface area contributed by atoms with Crippen LogP contribution in [0.3, 0.4) is 0 Å². The zero-order valence-corrected chi connectivity index (χ0v) is 18.3. The fourth-order valence-corrected chi connectivity index (χ4v) is 4.48. The number of halogens is 1. The third-order valence-corrected chi connectivity index (χ3v) is 6.11. The van der Waals surface area contributed by atoms with Crippen molar-refractivity contribution >= 4 is 17.4 Å². The van der Waals surface area contributed by atoms with Gasteiger partial charge in [-0.05, 0) is 62.4 Å². The number of carbonyl (C=O) groups excluding carboxylic acids is 1. The Hall–Kier alpha value is -3.39. The quantitative estimate of drug-likeness (QED) is 0.613. The Kier molecular flexibility index (Phi) is 6.26. The van der Waals surface area contributed by atoms with E-state index in [4.69, 9.17) is 14.7 Å². The van der Waals surface area contributed by atoms with E-state index in [0.717, 1.165) is 43.4 Å². The van der Waals surface area contributed by atoms with Crippen molar-refractivity contribution in [2.75, 3.05) is 18.5 Å². The minimum Gasteiger partial charge on any atom is -0.368 e. The van der Waals surface area contributed by atoms with Gasteiger partial charge in [-0.15, -0.1) is 0 Å². The van der Waals surface area contributed by atoms with Crippen molar-refractivity contribution in [1.82, 2.24) is 19.9 Å². The van der Waals surface area contributed by atoms with E-state index < -0.39 is 0 Å². The molecule has 0 spiro atoms. The van der Waals surface area contributed by atoms with Gasteiger partial charge in [-0.3, -0.25) is 9.78 Å². The summed E-state index contributed by atoms with van der Waals surface area (Å²) in [5.41, 5.74) is 2.20. The lowest BCUT2D eigenvalue weighted by molar-refractivity contribution is -0.147. The maximum atomic E-state index is 13.7. The Bertz CT molecular complexity index is 1120. The molecule has 1 N–H and O–H groups in total. The van der Waals surface area contributed by atoms with Crippen LogP contribution in [0.25, 0.3) is 11.3 Å². The van der Waals surface area contributed by atoms with Crippen molar-refractivity contribution in [1.29, 1.82) is 0 Å². The molecule has 33 heavy (non-hydrogen) atoms. The molecule has 2 atom stereocenters. The van der Waals surface area contributed by atoms with E-state index in [0.29, 0.717) is 30.5 Å². The normalized spacial score (nSPS) is 20.6. The maximum absolute atomic E-state index is 13.7. The molecule has 1 amide bonds. The van der Waals surface area contributed by atoms with Gasteiger partial charge in [0.05, 0.1) is 11.7 Å². The molecule has 2 saturated heterocycles. The van der Waals surface area contributed by atoms with Gasteiger partial charge in [0.25, 0.3) is 5.91 Å². The molecule has 2 aliphatic heterocycles. The molecule has 0 unspecified atom stereocenters. The van der Waals surface area contributed by atoms with Gasteiger partial charge >= 0.3 is 0 Å². The first-order valence-corrected chi connectivity index (χ1v) is 11.4. The van der Waals surface area contributed by atoms with Gasteiger partial charge in [0.2, 0.25) is 0 Å². The highest BCUT2D eigenvalue weighted by Gasteiger charge is 2.36. The number of carbonyl (C=O) groups is 1. The zero-order valence-electron chi connectivity index (χ0n) is 18.3. The fraction of sp³-hybridized carbons (Fsp3) is 0.360. The van der Waals surface area contributed by atoms with Gasteiger partial charge in [0.15, 0.2) is 5.82 Å². The summed E-state index contributed by atoms with van der Waals surface area (Å²) in [5.74, 6) is 0.814. The molecular formula is C25H26FN5O2. The second-order valence-corrected chi connectivity index (χ2v) is 8.41. The van der Waals surface area contributed by atoms with Crippen molar-refractivity contribution in [3.05, 3.63) is 66.5 Å². The Morgan fingerprint density at radius 2 is 1.94 bits per heavy atom. The topological polar surface area (TPSA) is 80.2 Å². The average Bonchev–Trinajstić information content (AvgIpc) is 3.35. The van der Waals surface area contributed by atoms with Crippen molar-refractivity contribution in [2.45, 2.75) is 44.2 Å². The summed E-state index contributed by atoms with van der Waals surface area (Å²) < 4.78 is 19.5. The number of pyridine rings is 1. The predicted molar refractivity (Wildman–Crippen MR) is 122 cm³/mol. The summed E-state index contributed by atoms with van der Waals surface area (Å²) in [4.78, 5) is 28.8. The molecule has 0 saturated carbocycles. The Morgan fingerprint density at radius 3 is 2.73 bits per heavy atom. The fourth-order valence-electron chi connectivity index (χ4n) is 4.48. The Labute approximate surface area is 192 Å². The van der Waals surface area contributed by atoms with E-state index in [2.05, 4.69) is 10.3 Å². The highest BCUT2D eigenvalue weighted by molar-refractivity contribution is 5.81. The van der Waals surface area contributed by atoms with Gasteiger partial charge in [-0.1, -0.05) is 6.07 Å². The average molecular weight is 448 g/mol. The van der Waals surface area contributed by atoms with Gasteiger partial charge in [0.1, 0.15) is 17.7 Å². The molecule has 3 aromatic rings. The van der Waals surface area contributed by atoms with Crippen LogP contribution in [-0.2, 0) is 9.53 Å². The number of aromatic nitrogens is 3. The van der Waals surface area contributed by atoms with E-state index in [1.807, 2.05) is 23.1 Å². The van der Waals surface area contributed by atoms with Gasteiger partial charge in [-0.25, -0.2) is 14.4 Å². The number of nitrogens with one attached hydrogen (secondary N) is 1. The lowest BCUT2D eigenvalue weighted by atomic mass is 10.1. The van der Waals surface area contributed by atoms with E-state index >= 15 is 0 Å².